The van der Waals surface area contributed by atoms with E-state index in [1.165, 1.54) is 6.07 Å². The monoisotopic (exact) mass is 459 g/mol. The molecule has 1 aliphatic heterocycles. The van der Waals surface area contributed by atoms with Crippen LogP contribution in [0.3, 0.4) is 0 Å². The van der Waals surface area contributed by atoms with Crippen molar-refractivity contribution in [1.82, 2.24) is 14.9 Å². The standard InChI is InChI=1S/C22H20F3N5O3/c23-22(24,25)14-1-4-19(28-12-14)29-6-8-30(9-7-29)20(21(31)32)17-13-27-18-3-2-15(11-16(17)18)33-10-5-26/h1-4,11-13,20,27H,6-10H2,(H,31,32)/t20-/m1/s1. The maximum absolute atomic E-state index is 12.8. The van der Waals surface area contributed by atoms with Gasteiger partial charge in [0.25, 0.3) is 0 Å². The molecule has 33 heavy (non-hydrogen) atoms. The number of hydrogen-bond acceptors (Lipinski definition) is 6. The van der Waals surface area contributed by atoms with Gasteiger partial charge in [0, 0.05) is 55.0 Å². The summed E-state index contributed by atoms with van der Waals surface area (Å²) in [6, 6.07) is 8.46. The van der Waals surface area contributed by atoms with E-state index in [9.17, 15) is 23.1 Å². The van der Waals surface area contributed by atoms with Gasteiger partial charge >= 0.3 is 12.1 Å². The van der Waals surface area contributed by atoms with E-state index in [1.807, 2.05) is 15.9 Å². The average molecular weight is 459 g/mol. The Kier molecular flexibility index (Phi) is 6.11. The van der Waals surface area contributed by atoms with Gasteiger partial charge < -0.3 is 19.7 Å². The van der Waals surface area contributed by atoms with Crippen LogP contribution in [0.4, 0.5) is 19.0 Å². The third-order valence-electron chi connectivity index (χ3n) is 5.60. The SMILES string of the molecule is N#CCOc1ccc2[nH]cc([C@H](C(=O)O)N3CCN(c4ccc(C(F)(F)F)cn4)CC3)c2c1. The molecule has 2 N–H and O–H groups in total. The second-order valence-corrected chi connectivity index (χ2v) is 7.56. The summed E-state index contributed by atoms with van der Waals surface area (Å²) in [5.74, 6) is -0.131. The molecule has 0 unspecified atom stereocenters. The fourth-order valence-corrected chi connectivity index (χ4v) is 3.99. The van der Waals surface area contributed by atoms with Gasteiger partial charge in [0.15, 0.2) is 6.61 Å². The Morgan fingerprint density at radius 2 is 2.00 bits per heavy atom. The van der Waals surface area contributed by atoms with E-state index in [-0.39, 0.29) is 6.61 Å². The van der Waals surface area contributed by atoms with Gasteiger partial charge in [0.2, 0.25) is 0 Å². The third-order valence-corrected chi connectivity index (χ3v) is 5.60. The fourth-order valence-electron chi connectivity index (χ4n) is 3.99. The topological polar surface area (TPSA) is 105 Å². The van der Waals surface area contributed by atoms with Crippen LogP contribution in [0.1, 0.15) is 17.2 Å². The number of hydrogen-bond donors (Lipinski definition) is 2. The number of nitriles is 1. The number of benzene rings is 1. The molecular weight excluding hydrogens is 439 g/mol. The Hall–Kier alpha value is -3.78. The number of rotatable bonds is 6. The summed E-state index contributed by atoms with van der Waals surface area (Å²) in [6.45, 7) is 1.49. The van der Waals surface area contributed by atoms with Crippen molar-refractivity contribution in [2.24, 2.45) is 0 Å². The van der Waals surface area contributed by atoms with Crippen molar-refractivity contribution < 1.29 is 27.8 Å². The number of nitrogens with one attached hydrogen (secondary N) is 1. The zero-order valence-corrected chi connectivity index (χ0v) is 17.3. The lowest BCUT2D eigenvalue weighted by Gasteiger charge is -2.38. The molecule has 0 amide bonds. The van der Waals surface area contributed by atoms with Crippen LogP contribution < -0.4 is 9.64 Å². The van der Waals surface area contributed by atoms with Gasteiger partial charge in [-0.25, -0.2) is 4.98 Å². The molecule has 2 aromatic heterocycles. The molecule has 0 saturated carbocycles. The first kappa shape index (κ1) is 22.4. The van der Waals surface area contributed by atoms with Gasteiger partial charge in [-0.2, -0.15) is 18.4 Å². The number of aliphatic carboxylic acids is 1. The third kappa shape index (κ3) is 4.70. The number of piperazine rings is 1. The number of H-pyrrole nitrogens is 1. The second-order valence-electron chi connectivity index (χ2n) is 7.56. The summed E-state index contributed by atoms with van der Waals surface area (Å²) in [7, 11) is 0. The molecule has 3 aromatic rings. The predicted octanol–water partition coefficient (Wildman–Crippen LogP) is 3.43. The first-order valence-electron chi connectivity index (χ1n) is 10.1. The van der Waals surface area contributed by atoms with Crippen molar-refractivity contribution in [3.8, 4) is 11.8 Å². The summed E-state index contributed by atoms with van der Waals surface area (Å²) in [5, 5.41) is 19.4. The number of anilines is 1. The molecule has 0 bridgehead atoms. The highest BCUT2D eigenvalue weighted by Gasteiger charge is 2.33. The first-order valence-corrected chi connectivity index (χ1v) is 10.1. The van der Waals surface area contributed by atoms with E-state index >= 15 is 0 Å². The molecule has 0 radical (unpaired) electrons. The van der Waals surface area contributed by atoms with Crippen LogP contribution >= 0.6 is 0 Å². The Balaban J connectivity index is 1.51. The number of halogens is 3. The highest BCUT2D eigenvalue weighted by atomic mass is 19.4. The van der Waals surface area contributed by atoms with Crippen molar-refractivity contribution in [3.05, 3.63) is 53.9 Å². The Bertz CT molecular complexity index is 1180. The minimum Gasteiger partial charge on any atom is -0.480 e. The Morgan fingerprint density at radius 1 is 1.24 bits per heavy atom. The minimum absolute atomic E-state index is 0.117. The van der Waals surface area contributed by atoms with Crippen LogP contribution in [-0.4, -0.2) is 58.7 Å². The number of nitrogens with zero attached hydrogens (tertiary/aromatic N) is 4. The first-order chi connectivity index (χ1) is 15.8. The van der Waals surface area contributed by atoms with E-state index in [1.54, 1.807) is 24.4 Å². The number of aromatic amines is 1. The van der Waals surface area contributed by atoms with Crippen LogP contribution in [0, 0.1) is 11.3 Å². The lowest BCUT2D eigenvalue weighted by Crippen LogP contribution is -2.49. The molecule has 172 valence electrons. The van der Waals surface area contributed by atoms with Crippen LogP contribution in [0.2, 0.25) is 0 Å². The molecule has 0 spiro atoms. The van der Waals surface area contributed by atoms with Gasteiger partial charge in [0.1, 0.15) is 23.7 Å². The van der Waals surface area contributed by atoms with E-state index in [0.29, 0.717) is 48.7 Å². The number of alkyl halides is 3. The van der Waals surface area contributed by atoms with Gasteiger partial charge in [-0.15, -0.1) is 0 Å². The van der Waals surface area contributed by atoms with Crippen LogP contribution in [0.25, 0.3) is 10.9 Å². The van der Waals surface area contributed by atoms with Gasteiger partial charge in [0.05, 0.1) is 5.56 Å². The molecular formula is C22H20F3N5O3. The molecule has 4 rings (SSSR count). The van der Waals surface area contributed by atoms with Gasteiger partial charge in [-0.05, 0) is 30.3 Å². The Labute approximate surface area is 186 Å². The van der Waals surface area contributed by atoms with Crippen LogP contribution in [0.15, 0.2) is 42.7 Å². The molecule has 1 aromatic carbocycles. The predicted molar refractivity (Wildman–Crippen MR) is 113 cm³/mol. The molecule has 1 saturated heterocycles. The summed E-state index contributed by atoms with van der Waals surface area (Å²) in [5.41, 5.74) is 0.502. The van der Waals surface area contributed by atoms with Crippen LogP contribution in [0.5, 0.6) is 5.75 Å². The minimum atomic E-state index is -4.45. The molecule has 1 atom stereocenters. The van der Waals surface area contributed by atoms with Crippen molar-refractivity contribution >= 4 is 22.7 Å². The fraction of sp³-hybridized carbons (Fsp3) is 0.318. The van der Waals surface area contributed by atoms with Gasteiger partial charge in [-0.1, -0.05) is 0 Å². The number of carboxylic acid groups (broad SMARTS) is 1. The van der Waals surface area contributed by atoms with Gasteiger partial charge in [-0.3, -0.25) is 9.69 Å². The smallest absolute Gasteiger partial charge is 0.417 e. The van der Waals surface area contributed by atoms with E-state index in [4.69, 9.17) is 10.00 Å². The largest absolute Gasteiger partial charge is 0.480 e. The van der Waals surface area contributed by atoms with E-state index < -0.39 is 23.8 Å². The molecule has 1 aliphatic rings. The van der Waals surface area contributed by atoms with E-state index in [2.05, 4.69) is 9.97 Å². The maximum Gasteiger partial charge on any atom is 0.417 e. The molecule has 1 fully saturated rings. The van der Waals surface area contributed by atoms with Crippen molar-refractivity contribution in [3.63, 3.8) is 0 Å². The number of aromatic nitrogens is 2. The molecule has 0 aliphatic carbocycles. The summed E-state index contributed by atoms with van der Waals surface area (Å²) in [4.78, 5) is 22.9. The van der Waals surface area contributed by atoms with Crippen molar-refractivity contribution in [2.45, 2.75) is 12.2 Å². The number of ether oxygens (including phenoxy) is 1. The van der Waals surface area contributed by atoms with E-state index in [0.717, 1.165) is 17.8 Å². The quantitative estimate of drug-likeness (QED) is 0.582. The highest BCUT2D eigenvalue weighted by Crippen LogP contribution is 2.33. The highest BCUT2D eigenvalue weighted by molar-refractivity contribution is 5.90. The zero-order valence-electron chi connectivity index (χ0n) is 17.3. The summed E-state index contributed by atoms with van der Waals surface area (Å²) < 4.78 is 43.7. The average Bonchev–Trinajstić information content (AvgIpc) is 3.20. The molecule has 11 heteroatoms. The second kappa shape index (κ2) is 8.99. The number of fused-ring (bicyclic) bond motifs is 1. The maximum atomic E-state index is 12.8. The number of carboxylic acids is 1. The normalized spacial score (nSPS) is 15.9. The molecule has 3 heterocycles. The Morgan fingerprint density at radius 3 is 2.61 bits per heavy atom. The summed E-state index contributed by atoms with van der Waals surface area (Å²) >= 11 is 0. The van der Waals surface area contributed by atoms with Crippen molar-refractivity contribution in [1.29, 1.82) is 5.26 Å². The number of pyridine rings is 1. The lowest BCUT2D eigenvalue weighted by molar-refractivity contribution is -0.143. The van der Waals surface area contributed by atoms with Crippen molar-refractivity contribution in [2.75, 3.05) is 37.7 Å². The summed E-state index contributed by atoms with van der Waals surface area (Å²) in [6.07, 6.45) is -1.99. The van der Waals surface area contributed by atoms with Crippen LogP contribution in [-0.2, 0) is 11.0 Å². The lowest BCUT2D eigenvalue weighted by atomic mass is 10.0. The molecule has 8 nitrogen and oxygen atoms in total. The zero-order chi connectivity index (χ0) is 23.6. The number of carbonyl (C=O) groups is 1.